The van der Waals surface area contributed by atoms with Crippen LogP contribution in [0.25, 0.3) is 11.1 Å². The molecule has 0 aromatic heterocycles. The Morgan fingerprint density at radius 2 is 1.65 bits per heavy atom. The quantitative estimate of drug-likeness (QED) is 0.583. The molecule has 0 heterocycles. The maximum absolute atomic E-state index is 12.5. The Morgan fingerprint density at radius 1 is 1.05 bits per heavy atom. The van der Waals surface area contributed by atoms with Gasteiger partial charge in [-0.2, -0.15) is 13.2 Å². The molecule has 3 nitrogen and oxygen atoms in total. The normalized spacial score (nSPS) is 11.4. The molecule has 0 unspecified atom stereocenters. The molecule has 0 amide bonds. The lowest BCUT2D eigenvalue weighted by atomic mass is 10.0. The summed E-state index contributed by atoms with van der Waals surface area (Å²) in [5.41, 5.74) is -0.524. The summed E-state index contributed by atoms with van der Waals surface area (Å²) < 4.78 is 37.4. The maximum Gasteiger partial charge on any atom is 0.416 e. The van der Waals surface area contributed by atoms with Gasteiger partial charge in [0, 0.05) is 11.1 Å². The predicted octanol–water partition coefficient (Wildman–Crippen LogP) is 4.93. The van der Waals surface area contributed by atoms with Crippen LogP contribution >= 0.6 is 11.6 Å². The fourth-order valence-electron chi connectivity index (χ4n) is 1.74. The van der Waals surface area contributed by atoms with Crippen molar-refractivity contribution in [1.29, 1.82) is 0 Å². The van der Waals surface area contributed by atoms with Crippen LogP contribution in [0.2, 0.25) is 5.02 Å². The lowest BCUT2D eigenvalue weighted by Gasteiger charge is -2.08. The van der Waals surface area contributed by atoms with E-state index in [9.17, 15) is 23.3 Å². The predicted molar refractivity (Wildman–Crippen MR) is 68.5 cm³/mol. The van der Waals surface area contributed by atoms with Gasteiger partial charge in [-0.05, 0) is 29.8 Å². The molecule has 0 aliphatic rings. The van der Waals surface area contributed by atoms with Gasteiger partial charge in [-0.15, -0.1) is 0 Å². The van der Waals surface area contributed by atoms with Crippen LogP contribution in [0.15, 0.2) is 42.5 Å². The van der Waals surface area contributed by atoms with Gasteiger partial charge < -0.3 is 0 Å². The summed E-state index contributed by atoms with van der Waals surface area (Å²) in [5.74, 6) is 0. The van der Waals surface area contributed by atoms with Crippen LogP contribution in [0.1, 0.15) is 5.56 Å². The molecule has 0 atom stereocenters. The molecular weight excluding hydrogens is 295 g/mol. The van der Waals surface area contributed by atoms with Crippen LogP contribution < -0.4 is 0 Å². The standard InChI is InChI=1S/C13H7ClF3NO2/c14-10-5-6-11(12(7-10)18(19)20)8-1-3-9(4-2-8)13(15,16)17/h1-7H. The average Bonchev–Trinajstić information content (AvgIpc) is 2.37. The second-order valence-corrected chi connectivity index (χ2v) is 4.43. The highest BCUT2D eigenvalue weighted by molar-refractivity contribution is 6.30. The molecule has 2 aromatic rings. The Labute approximate surface area is 116 Å². The first-order valence-electron chi connectivity index (χ1n) is 5.40. The van der Waals surface area contributed by atoms with Crippen molar-refractivity contribution < 1.29 is 18.1 Å². The Kier molecular flexibility index (Phi) is 3.67. The van der Waals surface area contributed by atoms with E-state index in [1.807, 2.05) is 0 Å². The fraction of sp³-hybridized carbons (Fsp3) is 0.0769. The van der Waals surface area contributed by atoms with E-state index < -0.39 is 16.7 Å². The highest BCUT2D eigenvalue weighted by Gasteiger charge is 2.30. The molecule has 20 heavy (non-hydrogen) atoms. The first-order valence-corrected chi connectivity index (χ1v) is 5.78. The van der Waals surface area contributed by atoms with Crippen molar-refractivity contribution in [3.05, 3.63) is 63.2 Å². The van der Waals surface area contributed by atoms with E-state index >= 15 is 0 Å². The molecule has 0 bridgehead atoms. The molecule has 0 aliphatic heterocycles. The van der Waals surface area contributed by atoms with Crippen molar-refractivity contribution in [1.82, 2.24) is 0 Å². The second kappa shape index (κ2) is 5.13. The van der Waals surface area contributed by atoms with E-state index in [0.29, 0.717) is 5.56 Å². The number of halogens is 4. The van der Waals surface area contributed by atoms with E-state index in [1.54, 1.807) is 0 Å². The molecule has 2 rings (SSSR count). The minimum absolute atomic E-state index is 0.187. The van der Waals surface area contributed by atoms with Crippen LogP contribution in [0.3, 0.4) is 0 Å². The molecule has 0 fully saturated rings. The lowest BCUT2D eigenvalue weighted by Crippen LogP contribution is -2.04. The molecule has 0 spiro atoms. The van der Waals surface area contributed by atoms with E-state index in [1.165, 1.54) is 24.3 Å². The van der Waals surface area contributed by atoms with Crippen molar-refractivity contribution in [3.63, 3.8) is 0 Å². The third kappa shape index (κ3) is 2.91. The topological polar surface area (TPSA) is 43.1 Å². The Balaban J connectivity index is 2.50. The smallest absolute Gasteiger partial charge is 0.258 e. The summed E-state index contributed by atoms with van der Waals surface area (Å²) >= 11 is 5.68. The molecule has 0 saturated carbocycles. The van der Waals surface area contributed by atoms with Crippen molar-refractivity contribution in [2.45, 2.75) is 6.18 Å². The van der Waals surface area contributed by atoms with Gasteiger partial charge in [0.1, 0.15) is 0 Å². The third-order valence-corrected chi connectivity index (χ3v) is 2.91. The lowest BCUT2D eigenvalue weighted by molar-refractivity contribution is -0.384. The van der Waals surface area contributed by atoms with E-state index in [4.69, 9.17) is 11.6 Å². The Bertz CT molecular complexity index is 654. The molecule has 0 N–H and O–H groups in total. The largest absolute Gasteiger partial charge is 0.416 e. The summed E-state index contributed by atoms with van der Waals surface area (Å²) in [6, 6.07) is 8.17. The Hall–Kier alpha value is -2.08. The van der Waals surface area contributed by atoms with Gasteiger partial charge >= 0.3 is 6.18 Å². The molecule has 0 aliphatic carbocycles. The zero-order chi connectivity index (χ0) is 14.9. The zero-order valence-electron chi connectivity index (χ0n) is 9.82. The summed E-state index contributed by atoms with van der Waals surface area (Å²) in [6.07, 6.45) is -4.44. The van der Waals surface area contributed by atoms with Gasteiger partial charge in [-0.3, -0.25) is 10.1 Å². The maximum atomic E-state index is 12.5. The Morgan fingerprint density at radius 3 is 2.15 bits per heavy atom. The van der Waals surface area contributed by atoms with Crippen molar-refractivity contribution >= 4 is 17.3 Å². The molecular formula is C13H7ClF3NO2. The number of benzene rings is 2. The van der Waals surface area contributed by atoms with Gasteiger partial charge in [-0.1, -0.05) is 23.7 Å². The highest BCUT2D eigenvalue weighted by atomic mass is 35.5. The molecule has 0 saturated heterocycles. The first-order chi connectivity index (χ1) is 9.29. The minimum atomic E-state index is -4.44. The summed E-state index contributed by atoms with van der Waals surface area (Å²) in [5, 5.41) is 11.1. The zero-order valence-corrected chi connectivity index (χ0v) is 10.6. The van der Waals surface area contributed by atoms with Crippen LogP contribution in [0, 0.1) is 10.1 Å². The van der Waals surface area contributed by atoms with Gasteiger partial charge in [0.25, 0.3) is 5.69 Å². The number of hydrogen-bond donors (Lipinski definition) is 0. The highest BCUT2D eigenvalue weighted by Crippen LogP contribution is 2.35. The minimum Gasteiger partial charge on any atom is -0.258 e. The van der Waals surface area contributed by atoms with E-state index in [-0.39, 0.29) is 16.3 Å². The number of rotatable bonds is 2. The van der Waals surface area contributed by atoms with E-state index in [2.05, 4.69) is 0 Å². The molecule has 104 valence electrons. The molecule has 7 heteroatoms. The average molecular weight is 302 g/mol. The number of alkyl halides is 3. The van der Waals surface area contributed by atoms with Gasteiger partial charge in [0.15, 0.2) is 0 Å². The van der Waals surface area contributed by atoms with Crippen molar-refractivity contribution in [2.75, 3.05) is 0 Å². The van der Waals surface area contributed by atoms with Crippen molar-refractivity contribution in [2.24, 2.45) is 0 Å². The molecule has 0 radical (unpaired) electrons. The van der Waals surface area contributed by atoms with Crippen LogP contribution in [-0.4, -0.2) is 4.92 Å². The van der Waals surface area contributed by atoms with Crippen LogP contribution in [0.4, 0.5) is 18.9 Å². The summed E-state index contributed by atoms with van der Waals surface area (Å²) in [4.78, 5) is 10.3. The fourth-order valence-corrected chi connectivity index (χ4v) is 1.91. The molecule has 2 aromatic carbocycles. The van der Waals surface area contributed by atoms with Gasteiger partial charge in [0.2, 0.25) is 0 Å². The van der Waals surface area contributed by atoms with Crippen molar-refractivity contribution in [3.8, 4) is 11.1 Å². The first kappa shape index (κ1) is 14.3. The van der Waals surface area contributed by atoms with Crippen LogP contribution in [0.5, 0.6) is 0 Å². The summed E-state index contributed by atoms with van der Waals surface area (Å²) in [6.45, 7) is 0. The number of nitrogens with zero attached hydrogens (tertiary/aromatic N) is 1. The van der Waals surface area contributed by atoms with Gasteiger partial charge in [0.05, 0.1) is 16.1 Å². The second-order valence-electron chi connectivity index (χ2n) is 3.99. The number of nitro benzene ring substituents is 1. The number of nitro groups is 1. The van der Waals surface area contributed by atoms with Gasteiger partial charge in [-0.25, -0.2) is 0 Å². The summed E-state index contributed by atoms with van der Waals surface area (Å²) in [7, 11) is 0. The van der Waals surface area contributed by atoms with E-state index in [0.717, 1.165) is 18.2 Å². The SMILES string of the molecule is O=[N+]([O-])c1cc(Cl)ccc1-c1ccc(C(F)(F)F)cc1. The third-order valence-electron chi connectivity index (χ3n) is 2.68. The van der Waals surface area contributed by atoms with Crippen LogP contribution in [-0.2, 0) is 6.18 Å². The number of hydrogen-bond acceptors (Lipinski definition) is 2. The monoisotopic (exact) mass is 301 g/mol.